The molecule has 18 heavy (non-hydrogen) atoms. The smallest absolute Gasteiger partial charge is 0.0644 e. The van der Waals surface area contributed by atoms with Gasteiger partial charge in [0.25, 0.3) is 0 Å². The summed E-state index contributed by atoms with van der Waals surface area (Å²) in [7, 11) is 2.03. The summed E-state index contributed by atoms with van der Waals surface area (Å²) in [6, 6.07) is 1.02. The standard InChI is InChI=1S/C15H27N3/c1-10(14-11(2)17-18(6)12(14)3)16-13-8-7-9-15(13,4)5/h10,13,16H,7-9H2,1-6H3. The molecule has 3 nitrogen and oxygen atoms in total. The molecule has 1 aliphatic rings. The average Bonchev–Trinajstić information content (AvgIpc) is 2.69. The highest BCUT2D eigenvalue weighted by atomic mass is 15.3. The molecule has 2 rings (SSSR count). The van der Waals surface area contributed by atoms with E-state index in [1.807, 2.05) is 11.7 Å². The molecular weight excluding hydrogens is 222 g/mol. The van der Waals surface area contributed by atoms with Crippen molar-refractivity contribution in [3.05, 3.63) is 17.0 Å². The van der Waals surface area contributed by atoms with Crippen LogP contribution < -0.4 is 5.32 Å². The van der Waals surface area contributed by atoms with Crippen molar-refractivity contribution in [1.82, 2.24) is 15.1 Å². The van der Waals surface area contributed by atoms with Gasteiger partial charge in [-0.1, -0.05) is 20.3 Å². The Morgan fingerprint density at radius 1 is 1.39 bits per heavy atom. The van der Waals surface area contributed by atoms with Gasteiger partial charge in [0.05, 0.1) is 5.69 Å². The minimum absolute atomic E-state index is 0.390. The molecule has 1 heterocycles. The Labute approximate surface area is 111 Å². The molecule has 1 fully saturated rings. The molecule has 102 valence electrons. The summed E-state index contributed by atoms with van der Waals surface area (Å²) in [4.78, 5) is 0. The monoisotopic (exact) mass is 249 g/mol. The zero-order valence-corrected chi connectivity index (χ0v) is 12.7. The predicted octanol–water partition coefficient (Wildman–Crippen LogP) is 3.27. The first kappa shape index (κ1) is 13.6. The molecule has 0 aromatic carbocycles. The van der Waals surface area contributed by atoms with E-state index in [1.165, 1.54) is 30.5 Å². The predicted molar refractivity (Wildman–Crippen MR) is 75.7 cm³/mol. The highest BCUT2D eigenvalue weighted by molar-refractivity contribution is 5.27. The van der Waals surface area contributed by atoms with Gasteiger partial charge < -0.3 is 5.32 Å². The Morgan fingerprint density at radius 2 is 2.06 bits per heavy atom. The molecule has 0 amide bonds. The van der Waals surface area contributed by atoms with E-state index in [4.69, 9.17) is 0 Å². The number of hydrogen-bond donors (Lipinski definition) is 1. The topological polar surface area (TPSA) is 29.9 Å². The van der Waals surface area contributed by atoms with Crippen molar-refractivity contribution in [1.29, 1.82) is 0 Å². The SMILES string of the molecule is Cc1nn(C)c(C)c1C(C)NC1CCCC1(C)C. The molecule has 1 aromatic rings. The van der Waals surface area contributed by atoms with E-state index >= 15 is 0 Å². The molecule has 2 atom stereocenters. The van der Waals surface area contributed by atoms with Gasteiger partial charge in [0.15, 0.2) is 0 Å². The maximum Gasteiger partial charge on any atom is 0.0644 e. The van der Waals surface area contributed by atoms with Crippen LogP contribution in [0.5, 0.6) is 0 Å². The zero-order chi connectivity index (χ0) is 13.5. The lowest BCUT2D eigenvalue weighted by molar-refractivity contribution is 0.266. The first-order valence-corrected chi connectivity index (χ1v) is 7.09. The average molecular weight is 249 g/mol. The minimum atomic E-state index is 0.390. The van der Waals surface area contributed by atoms with Crippen molar-refractivity contribution in [2.45, 2.75) is 66.0 Å². The lowest BCUT2D eigenvalue weighted by Gasteiger charge is -2.31. The van der Waals surface area contributed by atoms with Gasteiger partial charge in [-0.2, -0.15) is 5.10 Å². The number of aryl methyl sites for hydroxylation is 2. The molecule has 2 unspecified atom stereocenters. The van der Waals surface area contributed by atoms with Crippen LogP contribution in [0.1, 0.15) is 63.0 Å². The second-order valence-corrected chi connectivity index (χ2v) is 6.53. The maximum absolute atomic E-state index is 4.52. The lowest BCUT2D eigenvalue weighted by atomic mass is 9.86. The van der Waals surface area contributed by atoms with Gasteiger partial charge >= 0.3 is 0 Å². The normalized spacial score (nSPS) is 24.4. The number of rotatable bonds is 3. The second-order valence-electron chi connectivity index (χ2n) is 6.53. The van der Waals surface area contributed by atoms with E-state index in [9.17, 15) is 0 Å². The third-order valence-electron chi connectivity index (χ3n) is 4.71. The van der Waals surface area contributed by atoms with Gasteiger partial charge in [0.1, 0.15) is 0 Å². The molecule has 3 heteroatoms. The minimum Gasteiger partial charge on any atom is -0.307 e. The van der Waals surface area contributed by atoms with Gasteiger partial charge in [-0.3, -0.25) is 4.68 Å². The van der Waals surface area contributed by atoms with E-state index in [-0.39, 0.29) is 0 Å². The number of aromatic nitrogens is 2. The number of nitrogens with zero attached hydrogens (tertiary/aromatic N) is 2. The van der Waals surface area contributed by atoms with Crippen molar-refractivity contribution in [3.8, 4) is 0 Å². The fraction of sp³-hybridized carbons (Fsp3) is 0.800. The molecular formula is C15H27N3. The van der Waals surface area contributed by atoms with Crippen molar-refractivity contribution in [2.75, 3.05) is 0 Å². The molecule has 1 aromatic heterocycles. The van der Waals surface area contributed by atoms with Crippen LogP contribution in [0.3, 0.4) is 0 Å². The molecule has 1 aliphatic carbocycles. The fourth-order valence-corrected chi connectivity index (χ4v) is 3.44. The third-order valence-corrected chi connectivity index (χ3v) is 4.71. The summed E-state index contributed by atoms with van der Waals surface area (Å²) >= 11 is 0. The largest absolute Gasteiger partial charge is 0.307 e. The molecule has 0 spiro atoms. The van der Waals surface area contributed by atoms with Gasteiger partial charge in [-0.25, -0.2) is 0 Å². The summed E-state index contributed by atoms with van der Waals surface area (Å²) in [6.07, 6.45) is 3.99. The Balaban J connectivity index is 2.15. The van der Waals surface area contributed by atoms with E-state index in [0.29, 0.717) is 17.5 Å². The number of hydrogen-bond acceptors (Lipinski definition) is 2. The van der Waals surface area contributed by atoms with E-state index in [1.54, 1.807) is 0 Å². The Kier molecular flexibility index (Phi) is 3.54. The van der Waals surface area contributed by atoms with Crippen molar-refractivity contribution in [3.63, 3.8) is 0 Å². The third kappa shape index (κ3) is 2.33. The van der Waals surface area contributed by atoms with Gasteiger partial charge in [-0.05, 0) is 39.0 Å². The van der Waals surface area contributed by atoms with Crippen LogP contribution in [0.25, 0.3) is 0 Å². The lowest BCUT2D eigenvalue weighted by Crippen LogP contribution is -2.39. The van der Waals surface area contributed by atoms with Gasteiger partial charge in [-0.15, -0.1) is 0 Å². The number of nitrogens with one attached hydrogen (secondary N) is 1. The Hall–Kier alpha value is -0.830. The summed E-state index contributed by atoms with van der Waals surface area (Å²) < 4.78 is 1.99. The van der Waals surface area contributed by atoms with Crippen molar-refractivity contribution in [2.24, 2.45) is 12.5 Å². The van der Waals surface area contributed by atoms with Crippen LogP contribution in [-0.4, -0.2) is 15.8 Å². The van der Waals surface area contributed by atoms with Crippen molar-refractivity contribution < 1.29 is 0 Å². The van der Waals surface area contributed by atoms with Crippen molar-refractivity contribution >= 4 is 0 Å². The summed E-state index contributed by atoms with van der Waals surface area (Å²) in [5.41, 5.74) is 4.24. The quantitative estimate of drug-likeness (QED) is 0.891. The second kappa shape index (κ2) is 4.69. The van der Waals surface area contributed by atoms with Crippen LogP contribution >= 0.6 is 0 Å². The van der Waals surface area contributed by atoms with E-state index in [2.05, 4.69) is 45.0 Å². The van der Waals surface area contributed by atoms with Crippen LogP contribution in [0, 0.1) is 19.3 Å². The van der Waals surface area contributed by atoms with Crippen LogP contribution in [-0.2, 0) is 7.05 Å². The molecule has 1 saturated carbocycles. The van der Waals surface area contributed by atoms with Crippen LogP contribution in [0.2, 0.25) is 0 Å². The Morgan fingerprint density at radius 3 is 2.50 bits per heavy atom. The molecule has 0 aliphatic heterocycles. The molecule has 0 bridgehead atoms. The van der Waals surface area contributed by atoms with Gasteiger partial charge in [0.2, 0.25) is 0 Å². The molecule has 0 saturated heterocycles. The van der Waals surface area contributed by atoms with E-state index < -0.39 is 0 Å². The highest BCUT2D eigenvalue weighted by Crippen LogP contribution is 2.38. The summed E-state index contributed by atoms with van der Waals surface area (Å²) in [5.74, 6) is 0. The Bertz CT molecular complexity index is 431. The first-order valence-electron chi connectivity index (χ1n) is 7.09. The van der Waals surface area contributed by atoms with Crippen LogP contribution in [0.15, 0.2) is 0 Å². The summed E-state index contributed by atoms with van der Waals surface area (Å²) in [6.45, 7) is 11.3. The highest BCUT2D eigenvalue weighted by Gasteiger charge is 2.35. The first-order chi connectivity index (χ1) is 8.33. The maximum atomic E-state index is 4.52. The molecule has 1 N–H and O–H groups in total. The summed E-state index contributed by atoms with van der Waals surface area (Å²) in [5, 5.41) is 8.35. The van der Waals surface area contributed by atoms with E-state index in [0.717, 1.165) is 5.69 Å². The van der Waals surface area contributed by atoms with Gasteiger partial charge in [0, 0.05) is 30.4 Å². The van der Waals surface area contributed by atoms with Crippen LogP contribution in [0.4, 0.5) is 0 Å². The molecule has 0 radical (unpaired) electrons. The zero-order valence-electron chi connectivity index (χ0n) is 12.7. The fourth-order valence-electron chi connectivity index (χ4n) is 3.44.